The lowest BCUT2D eigenvalue weighted by atomic mass is 10.1. The first-order chi connectivity index (χ1) is 13.8. The Kier molecular flexibility index (Phi) is 3.40. The molecule has 1 nitrogen and oxygen atoms in total. The molecule has 0 radical (unpaired) electrons. The molecule has 0 atom stereocenters. The molecule has 0 heterocycles. The predicted octanol–water partition coefficient (Wildman–Crippen LogP) is 4.98. The first-order valence-electron chi connectivity index (χ1n) is 12.2. The first-order valence-corrected chi connectivity index (χ1v) is 6.48. The van der Waals surface area contributed by atoms with E-state index in [-0.39, 0.29) is 25.5 Å². The van der Waals surface area contributed by atoms with Gasteiger partial charge in [-0.15, -0.1) is 0 Å². The van der Waals surface area contributed by atoms with Crippen LogP contribution in [0.4, 0.5) is 0 Å². The summed E-state index contributed by atoms with van der Waals surface area (Å²) < 4.78 is 107. The van der Waals surface area contributed by atoms with Crippen molar-refractivity contribution in [2.45, 2.75) is 44.8 Å². The summed E-state index contributed by atoms with van der Waals surface area (Å²) in [5.41, 5.74) is -0.780. The number of hydrogen-bond acceptors (Lipinski definition) is 1. The molecule has 0 aliphatic rings. The summed E-state index contributed by atoms with van der Waals surface area (Å²) in [6.45, 7) is -3.54. The van der Waals surface area contributed by atoms with Gasteiger partial charge in [-0.3, -0.25) is 0 Å². The number of benzene rings is 1. The largest absolute Gasteiger partial charge is 0.381 e. The monoisotopic (exact) mass is 325 g/mol. The van der Waals surface area contributed by atoms with Crippen LogP contribution in [0.2, 0.25) is 0 Å². The molecule has 0 aromatic heterocycles. The van der Waals surface area contributed by atoms with Crippen LogP contribution < -0.4 is 0 Å². The second kappa shape index (κ2) is 11.7. The summed E-state index contributed by atoms with van der Waals surface area (Å²) in [4.78, 5) is 0. The quantitative estimate of drug-likeness (QED) is 0.411. The molecular formula is C16H25BrO. The maximum absolute atomic E-state index is 8.17. The van der Waals surface area contributed by atoms with Gasteiger partial charge in [0.15, 0.2) is 0 Å². The Morgan fingerprint density at radius 3 is 2.67 bits per heavy atom. The topological polar surface area (TPSA) is 9.23 Å². The normalized spacial score (nSPS) is 25.3. The van der Waals surface area contributed by atoms with E-state index in [1.807, 2.05) is 0 Å². The molecule has 0 unspecified atom stereocenters. The van der Waals surface area contributed by atoms with E-state index < -0.39 is 48.6 Å². The zero-order valence-electron chi connectivity index (χ0n) is 23.0. The van der Waals surface area contributed by atoms with Crippen molar-refractivity contribution >= 4 is 15.9 Å². The van der Waals surface area contributed by atoms with Gasteiger partial charge < -0.3 is 4.74 Å². The van der Waals surface area contributed by atoms with Crippen molar-refractivity contribution in [3.63, 3.8) is 0 Å². The van der Waals surface area contributed by atoms with Crippen molar-refractivity contribution in [1.29, 1.82) is 0 Å². The number of unbranched alkanes of at least 4 members (excludes halogenated alkanes) is 2. The lowest BCUT2D eigenvalue weighted by molar-refractivity contribution is 0.126. The van der Waals surface area contributed by atoms with Gasteiger partial charge in [0.05, 0.1) is 6.85 Å². The molecule has 1 aromatic rings. The molecule has 1 aromatic carbocycles. The molecule has 0 aliphatic heterocycles. The molecule has 18 heavy (non-hydrogen) atoms. The molecule has 0 fully saturated rings. The van der Waals surface area contributed by atoms with Crippen LogP contribution in [0.15, 0.2) is 30.3 Å². The molecule has 0 spiro atoms. The van der Waals surface area contributed by atoms with Crippen molar-refractivity contribution < 1.29 is 22.6 Å². The average molecular weight is 326 g/mol. The van der Waals surface area contributed by atoms with Crippen LogP contribution in [0, 0.1) is 0 Å². The molecule has 0 saturated heterocycles. The summed E-state index contributed by atoms with van der Waals surface area (Å²) >= 11 is 2.86. The van der Waals surface area contributed by atoms with Gasteiger partial charge in [-0.05, 0) is 37.5 Å². The van der Waals surface area contributed by atoms with Gasteiger partial charge in [-0.1, -0.05) is 59.0 Å². The van der Waals surface area contributed by atoms with Gasteiger partial charge >= 0.3 is 0 Å². The maximum Gasteiger partial charge on any atom is 0.0626 e. The Hall–Kier alpha value is -0.340. The van der Waals surface area contributed by atoms with Gasteiger partial charge in [0.2, 0.25) is 0 Å². The summed E-state index contributed by atoms with van der Waals surface area (Å²) in [6.07, 6.45) is -8.96. The number of alkyl halides is 1. The Balaban J connectivity index is 3.03. The molecule has 1 rings (SSSR count). The van der Waals surface area contributed by atoms with Crippen molar-refractivity contribution in [2.24, 2.45) is 0 Å². The van der Waals surface area contributed by atoms with E-state index in [1.54, 1.807) is 0 Å². The number of hydrogen-bond donors (Lipinski definition) is 0. The van der Waals surface area contributed by atoms with E-state index in [0.29, 0.717) is 12.8 Å². The Bertz CT molecular complexity index is 737. The van der Waals surface area contributed by atoms with Crippen LogP contribution in [-0.2, 0) is 11.1 Å². The first kappa shape index (κ1) is 5.21. The minimum absolute atomic E-state index is 0.214. The summed E-state index contributed by atoms with van der Waals surface area (Å²) in [7, 11) is 0. The highest BCUT2D eigenvalue weighted by molar-refractivity contribution is 9.09. The molecule has 0 saturated carbocycles. The third kappa shape index (κ3) is 8.71. The molecular weight excluding hydrogens is 288 g/mol. The van der Waals surface area contributed by atoms with Crippen molar-refractivity contribution in [2.75, 3.05) is 18.4 Å². The third-order valence-electron chi connectivity index (χ3n) is 1.99. The van der Waals surface area contributed by atoms with Gasteiger partial charge in [0.25, 0.3) is 0 Å². The van der Waals surface area contributed by atoms with Crippen LogP contribution in [0.5, 0.6) is 0 Å². The third-order valence-corrected chi connectivity index (χ3v) is 2.39. The molecule has 2 heteroatoms. The van der Waals surface area contributed by atoms with Crippen molar-refractivity contribution in [1.82, 2.24) is 0 Å². The molecule has 0 amide bonds. The van der Waals surface area contributed by atoms with Gasteiger partial charge in [0, 0.05) is 29.4 Å². The number of ether oxygens (including phenoxy) is 1. The molecule has 102 valence electrons. The summed E-state index contributed by atoms with van der Waals surface area (Å²) in [5, 5.41) is -1.52. The van der Waals surface area contributed by atoms with Crippen molar-refractivity contribution in [3.8, 4) is 0 Å². The van der Waals surface area contributed by atoms with Crippen molar-refractivity contribution in [3.05, 3.63) is 35.8 Å². The Morgan fingerprint density at radius 1 is 1.11 bits per heavy atom. The van der Waals surface area contributed by atoms with Crippen LogP contribution in [0.1, 0.15) is 61.8 Å². The number of rotatable bonds is 11. The highest BCUT2D eigenvalue weighted by atomic mass is 79.9. The minimum Gasteiger partial charge on any atom is -0.381 e. The standard InChI is InChI=1S/C16H25BrO/c17-13-7-1-2-8-14-18-15-9-6-12-16-10-4-3-5-11-16/h3-5,10-11H,1-2,6-9,12-15H2/i3D,6D2,9D2,10D,11D,12D2,13D2,15D2. The predicted molar refractivity (Wildman–Crippen MR) is 82.5 cm³/mol. The fraction of sp³-hybridized carbons (Fsp3) is 0.625. The average Bonchev–Trinajstić information content (AvgIpc) is 2.55. The summed E-state index contributed by atoms with van der Waals surface area (Å²) in [5.74, 6) is 0. The van der Waals surface area contributed by atoms with E-state index in [9.17, 15) is 0 Å². The summed E-state index contributed by atoms with van der Waals surface area (Å²) in [6, 6.07) is 0.227. The smallest absolute Gasteiger partial charge is 0.0626 e. The molecule has 0 aliphatic carbocycles. The van der Waals surface area contributed by atoms with Crippen LogP contribution in [-0.4, -0.2) is 18.4 Å². The SMILES string of the molecule is [2H]c1cc([2H])c(C([2H])([2H])C([2H])([2H])C([2H])([2H])C([2H])([2H])OCCCCCC([2H])([2H])Br)c([2H])c1. The van der Waals surface area contributed by atoms with E-state index in [0.717, 1.165) is 12.1 Å². The van der Waals surface area contributed by atoms with E-state index in [4.69, 9.17) is 22.6 Å². The van der Waals surface area contributed by atoms with Crippen LogP contribution in [0.25, 0.3) is 0 Å². The number of halogens is 1. The second-order valence-corrected chi connectivity index (χ2v) is 3.95. The van der Waals surface area contributed by atoms with E-state index in [1.165, 1.54) is 0 Å². The highest BCUT2D eigenvalue weighted by Crippen LogP contribution is 2.05. The Labute approximate surface area is 138 Å². The fourth-order valence-corrected chi connectivity index (χ4v) is 1.41. The Morgan fingerprint density at radius 2 is 1.89 bits per heavy atom. The molecule has 0 N–H and O–H groups in total. The lowest BCUT2D eigenvalue weighted by Gasteiger charge is -2.04. The molecule has 0 bridgehead atoms. The zero-order chi connectivity index (χ0) is 24.5. The highest BCUT2D eigenvalue weighted by Gasteiger charge is 1.94. The van der Waals surface area contributed by atoms with Gasteiger partial charge in [-0.25, -0.2) is 0 Å². The zero-order valence-corrected chi connectivity index (χ0v) is 11.6. The van der Waals surface area contributed by atoms with Gasteiger partial charge in [-0.2, -0.15) is 0 Å². The lowest BCUT2D eigenvalue weighted by Crippen LogP contribution is -1.98. The van der Waals surface area contributed by atoms with E-state index in [2.05, 4.69) is 15.9 Å². The van der Waals surface area contributed by atoms with Crippen LogP contribution in [0.3, 0.4) is 0 Å². The maximum atomic E-state index is 8.17. The van der Waals surface area contributed by atoms with Gasteiger partial charge in [0.1, 0.15) is 0 Å². The second-order valence-electron chi connectivity index (χ2n) is 3.39. The van der Waals surface area contributed by atoms with E-state index >= 15 is 0 Å². The van der Waals surface area contributed by atoms with Crippen LogP contribution >= 0.6 is 15.9 Å². The minimum atomic E-state index is -3.55. The fourth-order valence-electron chi connectivity index (χ4n) is 1.13.